The zero-order valence-electron chi connectivity index (χ0n) is 17.7. The van der Waals surface area contributed by atoms with Crippen molar-refractivity contribution >= 4 is 38.9 Å². The summed E-state index contributed by atoms with van der Waals surface area (Å²) in [7, 11) is -1.49. The minimum absolute atomic E-state index is 0.125. The highest BCUT2D eigenvalue weighted by molar-refractivity contribution is 7.91. The second kappa shape index (κ2) is 9.75. The summed E-state index contributed by atoms with van der Waals surface area (Å²) in [5, 5.41) is 7.50. The van der Waals surface area contributed by atoms with Crippen molar-refractivity contribution in [3.05, 3.63) is 28.1 Å². The van der Waals surface area contributed by atoms with Gasteiger partial charge >= 0.3 is 0 Å². The number of carbonyl (C=O) groups is 1. The topological polar surface area (TPSA) is 103 Å². The number of methoxy groups -OCH3 is 1. The molecular weight excluding hydrogens is 463 g/mol. The van der Waals surface area contributed by atoms with Gasteiger partial charge in [0, 0.05) is 31.6 Å². The number of amides is 1. The molecule has 1 saturated carbocycles. The number of hydrogen-bond donors (Lipinski definition) is 1. The molecule has 1 aliphatic carbocycles. The second-order valence-electron chi connectivity index (χ2n) is 7.72. The number of hydrogen-bond acceptors (Lipinski definition) is 6. The highest BCUT2D eigenvalue weighted by atomic mass is 35.5. The quantitative estimate of drug-likeness (QED) is 0.596. The van der Waals surface area contributed by atoms with Crippen molar-refractivity contribution in [3.63, 3.8) is 0 Å². The lowest BCUT2D eigenvalue weighted by atomic mass is 9.89. The zero-order valence-corrected chi connectivity index (χ0v) is 20.0. The van der Waals surface area contributed by atoms with Crippen LogP contribution >= 0.6 is 23.2 Å². The zero-order chi connectivity index (χ0) is 22.8. The Morgan fingerprint density at radius 2 is 1.97 bits per heavy atom. The van der Waals surface area contributed by atoms with E-state index in [1.807, 2.05) is 6.92 Å². The van der Waals surface area contributed by atoms with Gasteiger partial charge in [0.15, 0.2) is 5.69 Å². The predicted octanol–water partition coefficient (Wildman–Crippen LogP) is 3.61. The smallest absolute Gasteiger partial charge is 0.273 e. The Bertz CT molecular complexity index is 1060. The highest BCUT2D eigenvalue weighted by Gasteiger charge is 2.29. The van der Waals surface area contributed by atoms with Gasteiger partial charge < -0.3 is 10.1 Å². The molecule has 2 heterocycles. The van der Waals surface area contributed by atoms with E-state index in [2.05, 4.69) is 15.4 Å². The molecule has 1 N–H and O–H groups in total. The number of rotatable bonds is 7. The van der Waals surface area contributed by atoms with E-state index in [0.717, 1.165) is 12.8 Å². The first-order valence-electron chi connectivity index (χ1n) is 10.1. The summed E-state index contributed by atoms with van der Waals surface area (Å²) in [6, 6.07) is 1.58. The van der Waals surface area contributed by atoms with E-state index in [1.54, 1.807) is 10.7 Å². The summed E-state index contributed by atoms with van der Waals surface area (Å²) < 4.78 is 30.4. The van der Waals surface area contributed by atoms with Gasteiger partial charge in [0.05, 0.1) is 28.6 Å². The van der Waals surface area contributed by atoms with Gasteiger partial charge in [0.2, 0.25) is 0 Å². The third-order valence-corrected chi connectivity index (χ3v) is 7.91. The van der Waals surface area contributed by atoms with E-state index < -0.39 is 9.84 Å². The summed E-state index contributed by atoms with van der Waals surface area (Å²) >= 11 is 12.5. The minimum atomic E-state index is -3.01. The second-order valence-corrected chi connectivity index (χ2v) is 10.8. The van der Waals surface area contributed by atoms with Gasteiger partial charge in [-0.2, -0.15) is 5.10 Å². The molecule has 0 atom stereocenters. The van der Waals surface area contributed by atoms with Crippen LogP contribution in [-0.4, -0.2) is 54.2 Å². The molecule has 31 heavy (non-hydrogen) atoms. The van der Waals surface area contributed by atoms with Gasteiger partial charge in [-0.05, 0) is 38.5 Å². The maximum absolute atomic E-state index is 12.8. The number of pyridine rings is 1. The largest absolute Gasteiger partial charge is 0.496 e. The SMILES string of the molecule is CCn1nc(C(=O)NC[C@H]2CC[C@H](S(C)(=O)=O)CC2)c(Cl)c1-c1cnc(Cl)cc1OC. The maximum atomic E-state index is 12.8. The van der Waals surface area contributed by atoms with Crippen molar-refractivity contribution < 1.29 is 17.9 Å². The normalized spacial score (nSPS) is 19.3. The first kappa shape index (κ1) is 23.8. The number of sulfone groups is 1. The summed E-state index contributed by atoms with van der Waals surface area (Å²) in [6.07, 6.45) is 5.59. The minimum Gasteiger partial charge on any atom is -0.496 e. The van der Waals surface area contributed by atoms with Crippen LogP contribution in [0.1, 0.15) is 43.1 Å². The lowest BCUT2D eigenvalue weighted by molar-refractivity contribution is 0.0938. The van der Waals surface area contributed by atoms with Crippen LogP contribution < -0.4 is 10.1 Å². The Morgan fingerprint density at radius 1 is 1.29 bits per heavy atom. The van der Waals surface area contributed by atoms with Crippen molar-refractivity contribution in [2.75, 3.05) is 19.9 Å². The van der Waals surface area contributed by atoms with Gasteiger partial charge in [-0.1, -0.05) is 23.2 Å². The molecule has 0 aliphatic heterocycles. The van der Waals surface area contributed by atoms with Crippen LogP contribution in [0.4, 0.5) is 0 Å². The monoisotopic (exact) mass is 488 g/mol. The van der Waals surface area contributed by atoms with Crippen molar-refractivity contribution in [1.29, 1.82) is 0 Å². The fourth-order valence-electron chi connectivity index (χ4n) is 3.92. The Labute approximate surface area is 192 Å². The number of aryl methyl sites for hydroxylation is 1. The van der Waals surface area contributed by atoms with Crippen LogP contribution in [0.3, 0.4) is 0 Å². The number of nitrogens with one attached hydrogen (secondary N) is 1. The Hall–Kier alpha value is -1.84. The molecule has 0 unspecified atom stereocenters. The third kappa shape index (κ3) is 5.32. The maximum Gasteiger partial charge on any atom is 0.273 e. The van der Waals surface area contributed by atoms with Gasteiger partial charge in [-0.25, -0.2) is 13.4 Å². The summed E-state index contributed by atoms with van der Waals surface area (Å²) in [4.78, 5) is 16.9. The number of nitrogens with zero attached hydrogens (tertiary/aromatic N) is 3. The van der Waals surface area contributed by atoms with Crippen LogP contribution in [0.2, 0.25) is 10.2 Å². The molecule has 0 bridgehead atoms. The van der Waals surface area contributed by atoms with Crippen LogP contribution in [0, 0.1) is 5.92 Å². The molecule has 2 aromatic rings. The summed E-state index contributed by atoms with van der Waals surface area (Å²) in [5.74, 6) is 0.338. The van der Waals surface area contributed by atoms with Gasteiger partial charge in [0.1, 0.15) is 20.7 Å². The highest BCUT2D eigenvalue weighted by Crippen LogP contribution is 2.37. The Kier molecular flexibility index (Phi) is 7.49. The lowest BCUT2D eigenvalue weighted by Crippen LogP contribution is -2.34. The fraction of sp³-hybridized carbons (Fsp3) is 0.550. The average Bonchev–Trinajstić information content (AvgIpc) is 3.07. The molecule has 1 aliphatic rings. The molecule has 3 rings (SSSR count). The lowest BCUT2D eigenvalue weighted by Gasteiger charge is -2.27. The molecule has 8 nitrogen and oxygen atoms in total. The Balaban J connectivity index is 1.75. The van der Waals surface area contributed by atoms with E-state index in [1.165, 1.54) is 19.6 Å². The van der Waals surface area contributed by atoms with Crippen molar-refractivity contribution in [2.24, 2.45) is 5.92 Å². The predicted molar refractivity (Wildman–Crippen MR) is 121 cm³/mol. The van der Waals surface area contributed by atoms with Crippen LogP contribution in [-0.2, 0) is 16.4 Å². The third-order valence-electron chi connectivity index (χ3n) is 5.67. The first-order valence-corrected chi connectivity index (χ1v) is 12.8. The summed E-state index contributed by atoms with van der Waals surface area (Å²) in [6.45, 7) is 2.83. The summed E-state index contributed by atoms with van der Waals surface area (Å²) in [5.41, 5.74) is 1.24. The molecule has 11 heteroatoms. The molecule has 0 aromatic carbocycles. The average molecular weight is 489 g/mol. The van der Waals surface area contributed by atoms with Crippen LogP contribution in [0.5, 0.6) is 5.75 Å². The standard InChI is InChI=1S/C20H26Cl2N4O4S/c1-4-26-19(14-11-23-16(21)9-15(14)30-2)17(22)18(25-26)20(27)24-10-12-5-7-13(8-6-12)31(3,28)29/h9,11-13H,4-8,10H2,1-3H3,(H,24,27)/t12-,13-. The van der Waals surface area contributed by atoms with E-state index in [4.69, 9.17) is 27.9 Å². The van der Waals surface area contributed by atoms with Crippen molar-refractivity contribution in [1.82, 2.24) is 20.1 Å². The molecule has 1 fully saturated rings. The van der Waals surface area contributed by atoms with E-state index in [-0.39, 0.29) is 32.9 Å². The van der Waals surface area contributed by atoms with E-state index in [0.29, 0.717) is 42.9 Å². The van der Waals surface area contributed by atoms with Gasteiger partial charge in [0.25, 0.3) is 5.91 Å². The first-order chi connectivity index (χ1) is 14.7. The molecule has 1 amide bonds. The number of ether oxygens (including phenoxy) is 1. The van der Waals surface area contributed by atoms with Crippen molar-refractivity contribution in [3.8, 4) is 17.0 Å². The molecule has 2 aromatic heterocycles. The molecule has 0 spiro atoms. The van der Waals surface area contributed by atoms with Crippen LogP contribution in [0.25, 0.3) is 11.3 Å². The molecule has 0 radical (unpaired) electrons. The van der Waals surface area contributed by atoms with E-state index >= 15 is 0 Å². The molecule has 0 saturated heterocycles. The van der Waals surface area contributed by atoms with Crippen LogP contribution in [0.15, 0.2) is 12.3 Å². The van der Waals surface area contributed by atoms with Gasteiger partial charge in [-0.15, -0.1) is 0 Å². The number of carbonyl (C=O) groups excluding carboxylic acids is 1. The fourth-order valence-corrected chi connectivity index (χ4v) is 5.52. The number of aromatic nitrogens is 3. The van der Waals surface area contributed by atoms with Crippen molar-refractivity contribution in [2.45, 2.75) is 44.4 Å². The number of halogens is 2. The Morgan fingerprint density at radius 3 is 2.55 bits per heavy atom. The van der Waals surface area contributed by atoms with Gasteiger partial charge in [-0.3, -0.25) is 9.48 Å². The van der Waals surface area contributed by atoms with E-state index in [9.17, 15) is 13.2 Å². The molecule has 170 valence electrons. The molecular formula is C20H26Cl2N4O4S.